The van der Waals surface area contributed by atoms with Crippen molar-refractivity contribution in [2.45, 2.75) is 51.2 Å². The smallest absolute Gasteiger partial charge is 0.364 e. The van der Waals surface area contributed by atoms with Crippen molar-refractivity contribution in [1.82, 2.24) is 19.6 Å². The lowest BCUT2D eigenvalue weighted by Crippen LogP contribution is -2.35. The van der Waals surface area contributed by atoms with Gasteiger partial charge < -0.3 is 9.64 Å². The fourth-order valence-corrected chi connectivity index (χ4v) is 4.87. The largest absolute Gasteiger partial charge is 0.416 e. The van der Waals surface area contributed by atoms with E-state index in [0.717, 1.165) is 30.2 Å². The van der Waals surface area contributed by atoms with Crippen molar-refractivity contribution in [3.63, 3.8) is 0 Å². The Balaban J connectivity index is 1.37. The van der Waals surface area contributed by atoms with Crippen molar-refractivity contribution in [2.75, 3.05) is 18.1 Å². The van der Waals surface area contributed by atoms with E-state index in [1.165, 1.54) is 16.8 Å². The Hall–Kier alpha value is -2.85. The maximum Gasteiger partial charge on any atom is 0.416 e. The van der Waals surface area contributed by atoms with E-state index in [9.17, 15) is 18.0 Å². The highest BCUT2D eigenvalue weighted by atomic mass is 35.5. The fourth-order valence-electron chi connectivity index (χ4n) is 4.61. The molecule has 34 heavy (non-hydrogen) atoms. The van der Waals surface area contributed by atoms with Gasteiger partial charge in [0, 0.05) is 37.4 Å². The van der Waals surface area contributed by atoms with Gasteiger partial charge in [0.2, 0.25) is 0 Å². The highest BCUT2D eigenvalue weighted by Crippen LogP contribution is 2.33. The van der Waals surface area contributed by atoms with E-state index in [2.05, 4.69) is 10.2 Å². The van der Waals surface area contributed by atoms with Crippen LogP contribution in [-0.2, 0) is 30.4 Å². The molecule has 1 unspecified atom stereocenters. The monoisotopic (exact) mass is 493 g/mol. The third-order valence-corrected chi connectivity index (χ3v) is 6.71. The number of hydrogen-bond donors (Lipinski definition) is 0. The lowest BCUT2D eigenvalue weighted by Gasteiger charge is -2.30. The summed E-state index contributed by atoms with van der Waals surface area (Å²) in [5.74, 6) is 0. The number of rotatable bonds is 4. The molecular formula is C23H23ClF3N5O2. The number of fused-ring (bicyclic) bond motifs is 1. The normalized spacial score (nSPS) is 18.7. The molecule has 1 saturated heterocycles. The number of anilines is 1. The minimum Gasteiger partial charge on any atom is -0.364 e. The SMILES string of the molecule is O=c1c(Cl)c(N2CCc3c(cnn3Cc3ccccc3C(F)(F)F)C2)cnn1C1CCCCO1. The summed E-state index contributed by atoms with van der Waals surface area (Å²) >= 11 is 6.45. The van der Waals surface area contributed by atoms with Gasteiger partial charge in [-0.2, -0.15) is 28.1 Å². The first-order valence-corrected chi connectivity index (χ1v) is 11.5. The summed E-state index contributed by atoms with van der Waals surface area (Å²) in [4.78, 5) is 14.8. The summed E-state index contributed by atoms with van der Waals surface area (Å²) in [6, 6.07) is 5.54. The summed E-state index contributed by atoms with van der Waals surface area (Å²) in [6.07, 6.45) is 1.60. The summed E-state index contributed by atoms with van der Waals surface area (Å²) in [5, 5.41) is 8.75. The molecule has 5 rings (SSSR count). The van der Waals surface area contributed by atoms with Crippen LogP contribution in [0, 0.1) is 0 Å². The summed E-state index contributed by atoms with van der Waals surface area (Å²) in [6.45, 7) is 1.58. The van der Waals surface area contributed by atoms with Crippen LogP contribution in [0.2, 0.25) is 5.02 Å². The molecule has 180 valence electrons. The molecular weight excluding hydrogens is 471 g/mol. The first kappa shape index (κ1) is 22.9. The van der Waals surface area contributed by atoms with E-state index >= 15 is 0 Å². The van der Waals surface area contributed by atoms with Gasteiger partial charge in [-0.25, -0.2) is 0 Å². The number of benzene rings is 1. The van der Waals surface area contributed by atoms with Gasteiger partial charge in [-0.05, 0) is 30.9 Å². The fraction of sp³-hybridized carbons (Fsp3) is 0.435. The van der Waals surface area contributed by atoms with Crippen LogP contribution < -0.4 is 10.5 Å². The van der Waals surface area contributed by atoms with Gasteiger partial charge in [-0.1, -0.05) is 29.8 Å². The number of halogens is 4. The number of alkyl halides is 3. The zero-order valence-corrected chi connectivity index (χ0v) is 19.0. The molecule has 0 aliphatic carbocycles. The maximum absolute atomic E-state index is 13.4. The maximum atomic E-state index is 13.4. The standard InChI is InChI=1S/C23H23ClF3N5O2/c24-21-19(12-29-32(22(21)33)20-7-3-4-10-34-20)30-9-8-18-16(13-30)11-28-31(18)14-15-5-1-2-6-17(15)23(25,26)27/h1-2,5-6,11-12,20H,3-4,7-10,13-14H2. The van der Waals surface area contributed by atoms with Crippen LogP contribution in [-0.4, -0.2) is 32.7 Å². The third-order valence-electron chi connectivity index (χ3n) is 6.35. The van der Waals surface area contributed by atoms with Gasteiger partial charge in [0.25, 0.3) is 5.56 Å². The van der Waals surface area contributed by atoms with E-state index < -0.39 is 23.5 Å². The summed E-state index contributed by atoms with van der Waals surface area (Å²) in [7, 11) is 0. The van der Waals surface area contributed by atoms with E-state index in [1.54, 1.807) is 23.1 Å². The molecule has 3 aromatic rings. The number of nitrogens with zero attached hydrogens (tertiary/aromatic N) is 5. The van der Waals surface area contributed by atoms with Crippen molar-refractivity contribution in [2.24, 2.45) is 0 Å². The molecule has 0 amide bonds. The second kappa shape index (κ2) is 9.07. The molecule has 0 saturated carbocycles. The Morgan fingerprint density at radius 3 is 2.74 bits per heavy atom. The van der Waals surface area contributed by atoms with Crippen LogP contribution in [0.25, 0.3) is 0 Å². The molecule has 0 bridgehead atoms. The van der Waals surface area contributed by atoms with Gasteiger partial charge in [0.05, 0.1) is 30.2 Å². The molecule has 1 fully saturated rings. The molecule has 1 aromatic carbocycles. The second-order valence-electron chi connectivity index (χ2n) is 8.52. The topological polar surface area (TPSA) is 65.2 Å². The van der Waals surface area contributed by atoms with Gasteiger partial charge in [-0.15, -0.1) is 0 Å². The summed E-state index contributed by atoms with van der Waals surface area (Å²) < 4.78 is 48.7. The highest BCUT2D eigenvalue weighted by Gasteiger charge is 2.33. The molecule has 0 N–H and O–H groups in total. The van der Waals surface area contributed by atoms with E-state index in [1.807, 2.05) is 4.90 Å². The van der Waals surface area contributed by atoms with Gasteiger partial charge in [-0.3, -0.25) is 9.48 Å². The molecule has 1 atom stereocenters. The lowest BCUT2D eigenvalue weighted by atomic mass is 10.1. The minimum absolute atomic E-state index is 0.0325. The van der Waals surface area contributed by atoms with Crippen molar-refractivity contribution in [1.29, 1.82) is 0 Å². The van der Waals surface area contributed by atoms with Crippen molar-refractivity contribution in [3.05, 3.63) is 74.4 Å². The van der Waals surface area contributed by atoms with E-state index in [4.69, 9.17) is 16.3 Å². The molecule has 11 heteroatoms. The predicted molar refractivity (Wildman–Crippen MR) is 120 cm³/mol. The Morgan fingerprint density at radius 1 is 1.15 bits per heavy atom. The molecule has 2 aliphatic rings. The van der Waals surface area contributed by atoms with Crippen LogP contribution in [0.5, 0.6) is 0 Å². The van der Waals surface area contributed by atoms with E-state index in [-0.39, 0.29) is 17.1 Å². The Bertz CT molecular complexity index is 1250. The van der Waals surface area contributed by atoms with Gasteiger partial charge in [0.1, 0.15) is 5.02 Å². The number of ether oxygens (including phenoxy) is 1. The van der Waals surface area contributed by atoms with Crippen LogP contribution in [0.1, 0.15) is 47.9 Å². The lowest BCUT2D eigenvalue weighted by molar-refractivity contribution is -0.138. The Morgan fingerprint density at radius 2 is 1.97 bits per heavy atom. The molecule has 4 heterocycles. The van der Waals surface area contributed by atoms with Crippen LogP contribution >= 0.6 is 11.6 Å². The van der Waals surface area contributed by atoms with E-state index in [0.29, 0.717) is 38.2 Å². The van der Waals surface area contributed by atoms with Crippen LogP contribution in [0.4, 0.5) is 18.9 Å². The number of hydrogen-bond acceptors (Lipinski definition) is 5. The molecule has 0 radical (unpaired) electrons. The average Bonchev–Trinajstić information content (AvgIpc) is 3.23. The summed E-state index contributed by atoms with van der Waals surface area (Å²) in [5.41, 5.74) is 1.41. The molecule has 2 aromatic heterocycles. The number of aromatic nitrogens is 4. The zero-order valence-electron chi connectivity index (χ0n) is 18.3. The minimum atomic E-state index is -4.42. The first-order chi connectivity index (χ1) is 16.3. The molecule has 2 aliphatic heterocycles. The van der Waals surface area contributed by atoms with Crippen molar-refractivity contribution in [3.8, 4) is 0 Å². The van der Waals surface area contributed by atoms with Crippen LogP contribution in [0.3, 0.4) is 0 Å². The Kier molecular flexibility index (Phi) is 6.11. The average molecular weight is 494 g/mol. The van der Waals surface area contributed by atoms with Gasteiger partial charge >= 0.3 is 6.18 Å². The Labute approximate surface area is 198 Å². The highest BCUT2D eigenvalue weighted by molar-refractivity contribution is 6.33. The van der Waals surface area contributed by atoms with Crippen molar-refractivity contribution < 1.29 is 17.9 Å². The molecule has 7 nitrogen and oxygen atoms in total. The van der Waals surface area contributed by atoms with Crippen LogP contribution in [0.15, 0.2) is 41.5 Å². The first-order valence-electron chi connectivity index (χ1n) is 11.2. The quantitative estimate of drug-likeness (QED) is 0.538. The zero-order chi connectivity index (χ0) is 23.9. The second-order valence-corrected chi connectivity index (χ2v) is 8.89. The van der Waals surface area contributed by atoms with Gasteiger partial charge in [0.15, 0.2) is 6.23 Å². The third kappa shape index (κ3) is 4.32. The predicted octanol–water partition coefficient (Wildman–Crippen LogP) is 4.42. The molecule has 0 spiro atoms. The van der Waals surface area contributed by atoms with Crippen molar-refractivity contribution >= 4 is 17.3 Å².